The van der Waals surface area contributed by atoms with Crippen molar-refractivity contribution in [2.75, 3.05) is 5.32 Å². The summed E-state index contributed by atoms with van der Waals surface area (Å²) in [6.07, 6.45) is 7.81. The van der Waals surface area contributed by atoms with Gasteiger partial charge in [-0.15, -0.1) is 10.2 Å². The topological polar surface area (TPSA) is 84.0 Å². The maximum atomic E-state index is 12.1. The third-order valence-electron chi connectivity index (χ3n) is 3.93. The van der Waals surface area contributed by atoms with E-state index < -0.39 is 11.8 Å². The molecule has 0 unspecified atom stereocenters. The standard InChI is InChI=1S/C16H26N4O2S/c1-16(2,3)14-19-20-15(23-14)18-13(22)12(21)17-11-9-7-5-4-6-8-10-11/h11H,4-10H2,1-3H3,(H,17,21)(H,18,20,22). The van der Waals surface area contributed by atoms with Gasteiger partial charge in [-0.25, -0.2) is 0 Å². The van der Waals surface area contributed by atoms with Crippen LogP contribution >= 0.6 is 11.3 Å². The van der Waals surface area contributed by atoms with Gasteiger partial charge in [0.05, 0.1) is 0 Å². The van der Waals surface area contributed by atoms with E-state index in [-0.39, 0.29) is 11.5 Å². The van der Waals surface area contributed by atoms with Gasteiger partial charge in [-0.3, -0.25) is 14.9 Å². The van der Waals surface area contributed by atoms with Gasteiger partial charge in [0.15, 0.2) is 0 Å². The Morgan fingerprint density at radius 2 is 1.61 bits per heavy atom. The van der Waals surface area contributed by atoms with Crippen LogP contribution in [0.3, 0.4) is 0 Å². The molecule has 1 aliphatic carbocycles. The summed E-state index contributed by atoms with van der Waals surface area (Å²) in [5.74, 6) is -1.24. The Bertz CT molecular complexity index is 543. The second kappa shape index (κ2) is 7.86. The van der Waals surface area contributed by atoms with Crippen LogP contribution in [0.4, 0.5) is 5.13 Å². The number of aromatic nitrogens is 2. The highest BCUT2D eigenvalue weighted by Crippen LogP contribution is 2.27. The second-order valence-corrected chi connectivity index (χ2v) is 8.11. The molecule has 1 aliphatic rings. The lowest BCUT2D eigenvalue weighted by atomic mass is 9.97. The molecule has 1 aromatic rings. The monoisotopic (exact) mass is 338 g/mol. The van der Waals surface area contributed by atoms with E-state index >= 15 is 0 Å². The van der Waals surface area contributed by atoms with Crippen LogP contribution in [0.25, 0.3) is 0 Å². The van der Waals surface area contributed by atoms with Gasteiger partial charge in [-0.1, -0.05) is 64.2 Å². The first kappa shape index (κ1) is 17.8. The number of hydrogen-bond acceptors (Lipinski definition) is 5. The molecule has 0 spiro atoms. The third kappa shape index (κ3) is 5.57. The van der Waals surface area contributed by atoms with Gasteiger partial charge in [-0.2, -0.15) is 0 Å². The van der Waals surface area contributed by atoms with Crippen molar-refractivity contribution in [3.05, 3.63) is 5.01 Å². The Morgan fingerprint density at radius 3 is 2.17 bits per heavy atom. The molecule has 2 N–H and O–H groups in total. The average Bonchev–Trinajstić information content (AvgIpc) is 2.90. The van der Waals surface area contributed by atoms with Gasteiger partial charge in [0.1, 0.15) is 5.01 Å². The first-order chi connectivity index (χ1) is 10.9. The normalized spacial score (nSPS) is 17.2. The minimum atomic E-state index is -0.663. The largest absolute Gasteiger partial charge is 0.345 e. The smallest absolute Gasteiger partial charge is 0.315 e. The van der Waals surface area contributed by atoms with Crippen molar-refractivity contribution in [2.45, 2.75) is 77.2 Å². The molecule has 0 atom stereocenters. The molecule has 1 fully saturated rings. The summed E-state index contributed by atoms with van der Waals surface area (Å²) in [6.45, 7) is 6.08. The molecule has 128 valence electrons. The molecule has 0 aliphatic heterocycles. The summed E-state index contributed by atoms with van der Waals surface area (Å²) in [5, 5.41) is 14.6. The lowest BCUT2D eigenvalue weighted by Crippen LogP contribution is -2.42. The molecule has 0 aromatic carbocycles. The van der Waals surface area contributed by atoms with Crippen LogP contribution < -0.4 is 10.6 Å². The van der Waals surface area contributed by atoms with E-state index in [4.69, 9.17) is 0 Å². The van der Waals surface area contributed by atoms with Gasteiger partial charge in [0.25, 0.3) is 0 Å². The Hall–Kier alpha value is -1.50. The van der Waals surface area contributed by atoms with Crippen LogP contribution in [0.5, 0.6) is 0 Å². The first-order valence-corrected chi connectivity index (χ1v) is 9.14. The predicted octanol–water partition coefficient (Wildman–Crippen LogP) is 3.00. The molecular weight excluding hydrogens is 312 g/mol. The summed E-state index contributed by atoms with van der Waals surface area (Å²) in [6, 6.07) is 0.105. The number of amides is 2. The fourth-order valence-electron chi connectivity index (χ4n) is 2.58. The molecule has 7 heteroatoms. The van der Waals surface area contributed by atoms with Gasteiger partial charge >= 0.3 is 11.8 Å². The van der Waals surface area contributed by atoms with E-state index in [1.54, 1.807) is 0 Å². The average molecular weight is 338 g/mol. The van der Waals surface area contributed by atoms with E-state index in [1.807, 2.05) is 20.8 Å². The maximum Gasteiger partial charge on any atom is 0.315 e. The number of rotatable bonds is 2. The minimum Gasteiger partial charge on any atom is -0.345 e. The molecule has 1 saturated carbocycles. The van der Waals surface area contributed by atoms with Gasteiger partial charge in [-0.05, 0) is 12.8 Å². The molecule has 0 saturated heterocycles. The SMILES string of the molecule is CC(C)(C)c1nnc(NC(=O)C(=O)NC2CCCCCCC2)s1. The Balaban J connectivity index is 1.87. The van der Waals surface area contributed by atoms with Crippen molar-refractivity contribution < 1.29 is 9.59 Å². The van der Waals surface area contributed by atoms with Crippen LogP contribution in [-0.2, 0) is 15.0 Å². The zero-order valence-electron chi connectivity index (χ0n) is 14.1. The zero-order chi connectivity index (χ0) is 16.9. The Kier molecular flexibility index (Phi) is 6.10. The molecule has 2 rings (SSSR count). The molecule has 1 heterocycles. The molecule has 6 nitrogen and oxygen atoms in total. The van der Waals surface area contributed by atoms with Crippen molar-refractivity contribution in [3.8, 4) is 0 Å². The van der Waals surface area contributed by atoms with Crippen molar-refractivity contribution in [1.29, 1.82) is 0 Å². The summed E-state index contributed by atoms with van der Waals surface area (Å²) < 4.78 is 0. The number of carbonyl (C=O) groups is 2. The molecule has 2 amide bonds. The maximum absolute atomic E-state index is 12.1. The number of hydrogen-bond donors (Lipinski definition) is 2. The van der Waals surface area contributed by atoms with Gasteiger partial charge in [0.2, 0.25) is 5.13 Å². The molecule has 1 aromatic heterocycles. The summed E-state index contributed by atoms with van der Waals surface area (Å²) >= 11 is 1.30. The van der Waals surface area contributed by atoms with Crippen molar-refractivity contribution in [1.82, 2.24) is 15.5 Å². The lowest BCUT2D eigenvalue weighted by Gasteiger charge is -2.20. The molecule has 23 heavy (non-hydrogen) atoms. The second-order valence-electron chi connectivity index (χ2n) is 7.13. The highest BCUT2D eigenvalue weighted by atomic mass is 32.1. The number of anilines is 1. The summed E-state index contributed by atoms with van der Waals surface area (Å²) in [7, 11) is 0. The van der Waals surface area contributed by atoms with E-state index in [0.717, 1.165) is 30.7 Å². The molecule has 0 radical (unpaired) electrons. The van der Waals surface area contributed by atoms with Crippen molar-refractivity contribution in [2.24, 2.45) is 0 Å². The van der Waals surface area contributed by atoms with Crippen LogP contribution in [0.2, 0.25) is 0 Å². The molecular formula is C16H26N4O2S. The Morgan fingerprint density at radius 1 is 1.00 bits per heavy atom. The fourth-order valence-corrected chi connectivity index (χ4v) is 3.38. The lowest BCUT2D eigenvalue weighted by molar-refractivity contribution is -0.136. The Labute approximate surface area is 141 Å². The molecule has 0 bridgehead atoms. The third-order valence-corrected chi connectivity index (χ3v) is 5.20. The van der Waals surface area contributed by atoms with Gasteiger partial charge < -0.3 is 5.32 Å². The summed E-state index contributed by atoms with van der Waals surface area (Å²) in [5.41, 5.74) is -0.123. The fraction of sp³-hybridized carbons (Fsp3) is 0.750. The van der Waals surface area contributed by atoms with Gasteiger partial charge in [0, 0.05) is 11.5 Å². The first-order valence-electron chi connectivity index (χ1n) is 8.32. The minimum absolute atomic E-state index is 0.105. The van der Waals surface area contributed by atoms with Crippen molar-refractivity contribution in [3.63, 3.8) is 0 Å². The van der Waals surface area contributed by atoms with Crippen molar-refractivity contribution >= 4 is 28.3 Å². The number of nitrogens with one attached hydrogen (secondary N) is 2. The quantitative estimate of drug-likeness (QED) is 0.812. The summed E-state index contributed by atoms with van der Waals surface area (Å²) in [4.78, 5) is 24.1. The number of nitrogens with zero attached hydrogens (tertiary/aromatic N) is 2. The van der Waals surface area contributed by atoms with E-state index in [9.17, 15) is 9.59 Å². The highest BCUT2D eigenvalue weighted by molar-refractivity contribution is 7.15. The van der Waals surface area contributed by atoms with Crippen LogP contribution in [0.1, 0.15) is 70.7 Å². The highest BCUT2D eigenvalue weighted by Gasteiger charge is 2.23. The van der Waals surface area contributed by atoms with Crippen LogP contribution in [0, 0.1) is 0 Å². The van der Waals surface area contributed by atoms with E-state index in [0.29, 0.717) is 5.13 Å². The predicted molar refractivity (Wildman–Crippen MR) is 91.5 cm³/mol. The van der Waals surface area contributed by atoms with E-state index in [2.05, 4.69) is 20.8 Å². The van der Waals surface area contributed by atoms with Crippen LogP contribution in [-0.4, -0.2) is 28.1 Å². The number of carbonyl (C=O) groups excluding carboxylic acids is 2. The zero-order valence-corrected chi connectivity index (χ0v) is 15.0. The van der Waals surface area contributed by atoms with Crippen LogP contribution in [0.15, 0.2) is 0 Å². The van der Waals surface area contributed by atoms with E-state index in [1.165, 1.54) is 30.6 Å².